The molecule has 1 aliphatic carbocycles. The molecule has 2 rings (SSSR count). The molecule has 19 heavy (non-hydrogen) atoms. The molecular weight excluding hydrogens is 266 g/mol. The molecule has 1 aromatic heterocycles. The quantitative estimate of drug-likeness (QED) is 0.835. The first-order valence-corrected chi connectivity index (χ1v) is 7.03. The molecule has 0 unspecified atom stereocenters. The van der Waals surface area contributed by atoms with E-state index in [0.717, 1.165) is 12.8 Å². The highest BCUT2D eigenvalue weighted by Crippen LogP contribution is 2.30. The zero-order chi connectivity index (χ0) is 14.0. The molecule has 0 aliphatic heterocycles. The fraction of sp³-hybridized carbons (Fsp3) is 0.692. The van der Waals surface area contributed by atoms with Gasteiger partial charge in [-0.1, -0.05) is 25.4 Å². The fourth-order valence-electron chi connectivity index (χ4n) is 1.88. The van der Waals surface area contributed by atoms with E-state index in [1.54, 1.807) is 0 Å². The summed E-state index contributed by atoms with van der Waals surface area (Å²) in [6, 6.07) is -0.193. The van der Waals surface area contributed by atoms with Gasteiger partial charge in [0.2, 0.25) is 0 Å². The molecule has 0 saturated heterocycles. The zero-order valence-electron chi connectivity index (χ0n) is 11.3. The van der Waals surface area contributed by atoms with Crippen LogP contribution in [-0.4, -0.2) is 27.5 Å². The Morgan fingerprint density at radius 2 is 2.26 bits per heavy atom. The van der Waals surface area contributed by atoms with Crippen molar-refractivity contribution in [3.05, 3.63) is 21.6 Å². The van der Waals surface area contributed by atoms with Gasteiger partial charge in [-0.25, -0.2) is 4.68 Å². The van der Waals surface area contributed by atoms with Gasteiger partial charge in [0.05, 0.1) is 23.9 Å². The first kappa shape index (κ1) is 14.3. The van der Waals surface area contributed by atoms with Crippen LogP contribution in [0.25, 0.3) is 0 Å². The molecule has 106 valence electrons. The van der Waals surface area contributed by atoms with E-state index in [9.17, 15) is 9.90 Å². The highest BCUT2D eigenvalue weighted by molar-refractivity contribution is 6.33. The molecule has 1 aromatic rings. The minimum Gasteiger partial charge on any atom is -0.394 e. The Hall–Kier alpha value is -1.07. The van der Waals surface area contributed by atoms with Crippen LogP contribution in [0.1, 0.15) is 26.7 Å². The predicted molar refractivity (Wildman–Crippen MR) is 75.6 cm³/mol. The van der Waals surface area contributed by atoms with Crippen LogP contribution < -0.4 is 10.9 Å². The second kappa shape index (κ2) is 5.92. The number of anilines is 1. The number of nitrogens with one attached hydrogen (secondary N) is 1. The molecule has 0 bridgehead atoms. The number of aliphatic hydroxyl groups is 1. The summed E-state index contributed by atoms with van der Waals surface area (Å²) < 4.78 is 1.46. The van der Waals surface area contributed by atoms with Crippen molar-refractivity contribution in [2.24, 2.45) is 11.8 Å². The number of rotatable bonds is 6. The zero-order valence-corrected chi connectivity index (χ0v) is 12.0. The Morgan fingerprint density at radius 1 is 1.58 bits per heavy atom. The summed E-state index contributed by atoms with van der Waals surface area (Å²) >= 11 is 6.04. The Kier molecular flexibility index (Phi) is 4.47. The molecule has 1 saturated carbocycles. The second-order valence-electron chi connectivity index (χ2n) is 5.48. The summed E-state index contributed by atoms with van der Waals surface area (Å²) in [5, 5.41) is 16.7. The minimum absolute atomic E-state index is 0.0433. The topological polar surface area (TPSA) is 67.2 Å². The van der Waals surface area contributed by atoms with Gasteiger partial charge in [0.15, 0.2) is 0 Å². The molecule has 1 heterocycles. The van der Waals surface area contributed by atoms with Gasteiger partial charge in [0, 0.05) is 6.54 Å². The molecule has 1 fully saturated rings. The third kappa shape index (κ3) is 3.48. The largest absolute Gasteiger partial charge is 0.394 e. The summed E-state index contributed by atoms with van der Waals surface area (Å²) in [7, 11) is 0. The Labute approximate surface area is 117 Å². The summed E-state index contributed by atoms with van der Waals surface area (Å²) in [6.07, 6.45) is 3.80. The van der Waals surface area contributed by atoms with Gasteiger partial charge in [0.1, 0.15) is 5.69 Å². The number of aliphatic hydroxyl groups excluding tert-OH is 1. The van der Waals surface area contributed by atoms with Gasteiger partial charge >= 0.3 is 0 Å². The number of halogens is 1. The van der Waals surface area contributed by atoms with Crippen molar-refractivity contribution >= 4 is 17.3 Å². The SMILES string of the molecule is CC(C)[C@@H](CO)Nc1c(Cl)cnn(CC2CC2)c1=O. The van der Waals surface area contributed by atoms with E-state index in [-0.39, 0.29) is 24.1 Å². The van der Waals surface area contributed by atoms with Crippen molar-refractivity contribution in [2.45, 2.75) is 39.3 Å². The predicted octanol–water partition coefficient (Wildman–Crippen LogP) is 1.74. The van der Waals surface area contributed by atoms with Crippen molar-refractivity contribution in [3.63, 3.8) is 0 Å². The van der Waals surface area contributed by atoms with E-state index in [0.29, 0.717) is 23.2 Å². The smallest absolute Gasteiger partial charge is 0.291 e. The molecule has 6 heteroatoms. The molecule has 5 nitrogen and oxygen atoms in total. The Morgan fingerprint density at radius 3 is 2.79 bits per heavy atom. The number of hydrogen-bond donors (Lipinski definition) is 2. The molecule has 0 radical (unpaired) electrons. The van der Waals surface area contributed by atoms with Crippen molar-refractivity contribution in [3.8, 4) is 0 Å². The Bertz CT molecular complexity index is 497. The fourth-order valence-corrected chi connectivity index (χ4v) is 2.06. The maximum atomic E-state index is 12.3. The van der Waals surface area contributed by atoms with Gasteiger partial charge in [-0.3, -0.25) is 4.79 Å². The summed E-state index contributed by atoms with van der Waals surface area (Å²) in [5.41, 5.74) is 0.128. The second-order valence-corrected chi connectivity index (χ2v) is 5.88. The van der Waals surface area contributed by atoms with Gasteiger partial charge in [-0.2, -0.15) is 5.10 Å². The summed E-state index contributed by atoms with van der Waals surface area (Å²) in [6.45, 7) is 4.56. The van der Waals surface area contributed by atoms with Crippen molar-refractivity contribution in [2.75, 3.05) is 11.9 Å². The van der Waals surface area contributed by atoms with Gasteiger partial charge in [-0.05, 0) is 24.7 Å². The molecule has 0 aromatic carbocycles. The molecule has 1 atom stereocenters. The van der Waals surface area contributed by atoms with Crippen LogP contribution in [0.3, 0.4) is 0 Å². The third-order valence-corrected chi connectivity index (χ3v) is 3.74. The van der Waals surface area contributed by atoms with Gasteiger partial charge in [0.25, 0.3) is 5.56 Å². The van der Waals surface area contributed by atoms with Gasteiger partial charge < -0.3 is 10.4 Å². The molecule has 2 N–H and O–H groups in total. The van der Waals surface area contributed by atoms with E-state index in [2.05, 4.69) is 10.4 Å². The highest BCUT2D eigenvalue weighted by Gasteiger charge is 2.24. The van der Waals surface area contributed by atoms with Crippen LogP contribution in [0.4, 0.5) is 5.69 Å². The standard InChI is InChI=1S/C13H20ClN3O2/c1-8(2)11(7-18)16-12-10(14)5-15-17(13(12)19)6-9-3-4-9/h5,8-9,11,16,18H,3-4,6-7H2,1-2H3/t11-/m1/s1. The first-order chi connectivity index (χ1) is 9.02. The monoisotopic (exact) mass is 285 g/mol. The minimum atomic E-state index is -0.210. The Balaban J connectivity index is 2.24. The number of hydrogen-bond acceptors (Lipinski definition) is 4. The average Bonchev–Trinajstić information content (AvgIpc) is 3.16. The van der Waals surface area contributed by atoms with E-state index < -0.39 is 0 Å². The summed E-state index contributed by atoms with van der Waals surface area (Å²) in [5.74, 6) is 0.767. The molecular formula is C13H20ClN3O2. The molecule has 0 spiro atoms. The number of nitrogens with zero attached hydrogens (tertiary/aromatic N) is 2. The lowest BCUT2D eigenvalue weighted by Crippen LogP contribution is -2.35. The molecule has 0 amide bonds. The molecule has 1 aliphatic rings. The van der Waals surface area contributed by atoms with E-state index in [1.165, 1.54) is 10.9 Å². The first-order valence-electron chi connectivity index (χ1n) is 6.66. The lowest BCUT2D eigenvalue weighted by Gasteiger charge is -2.21. The maximum absolute atomic E-state index is 12.3. The lowest BCUT2D eigenvalue weighted by molar-refractivity contribution is 0.249. The maximum Gasteiger partial charge on any atom is 0.291 e. The summed E-state index contributed by atoms with van der Waals surface area (Å²) in [4.78, 5) is 12.3. The van der Waals surface area contributed by atoms with Crippen molar-refractivity contribution < 1.29 is 5.11 Å². The van der Waals surface area contributed by atoms with Crippen LogP contribution >= 0.6 is 11.6 Å². The number of aromatic nitrogens is 2. The normalized spacial score (nSPS) is 16.7. The average molecular weight is 286 g/mol. The highest BCUT2D eigenvalue weighted by atomic mass is 35.5. The van der Waals surface area contributed by atoms with Crippen LogP contribution in [0, 0.1) is 11.8 Å². The van der Waals surface area contributed by atoms with Crippen LogP contribution in [0.2, 0.25) is 5.02 Å². The van der Waals surface area contributed by atoms with Crippen molar-refractivity contribution in [1.29, 1.82) is 0 Å². The van der Waals surface area contributed by atoms with E-state index in [4.69, 9.17) is 11.6 Å². The van der Waals surface area contributed by atoms with Crippen molar-refractivity contribution in [1.82, 2.24) is 9.78 Å². The third-order valence-electron chi connectivity index (χ3n) is 3.46. The van der Waals surface area contributed by atoms with E-state index >= 15 is 0 Å². The van der Waals surface area contributed by atoms with Crippen LogP contribution in [0.15, 0.2) is 11.0 Å². The van der Waals surface area contributed by atoms with E-state index in [1.807, 2.05) is 13.8 Å². The van der Waals surface area contributed by atoms with Crippen LogP contribution in [-0.2, 0) is 6.54 Å². The van der Waals surface area contributed by atoms with Gasteiger partial charge in [-0.15, -0.1) is 0 Å². The lowest BCUT2D eigenvalue weighted by atomic mass is 10.1. The van der Waals surface area contributed by atoms with Crippen LogP contribution in [0.5, 0.6) is 0 Å².